The molecule has 0 rings (SSSR count). The Balaban J connectivity index is -0.000000680. The fourth-order valence-corrected chi connectivity index (χ4v) is 2.34. The van der Waals surface area contributed by atoms with Crippen molar-refractivity contribution in [2.75, 3.05) is 0 Å². The predicted molar refractivity (Wildman–Crippen MR) is 88.7 cm³/mol. The number of alkyl halides is 22. The molecular formula is C12H8F22O8S2. The summed E-state index contributed by atoms with van der Waals surface area (Å²) in [6.07, 6.45) is -16.0. The van der Waals surface area contributed by atoms with E-state index in [-0.39, 0.29) is 0 Å². The first-order valence-electron chi connectivity index (χ1n) is 8.69. The van der Waals surface area contributed by atoms with E-state index in [1.165, 1.54) is 6.92 Å². The summed E-state index contributed by atoms with van der Waals surface area (Å²) in [4.78, 5) is 0. The zero-order valence-electron chi connectivity index (χ0n) is 19.1. The summed E-state index contributed by atoms with van der Waals surface area (Å²) in [7, 11) is -14.8. The Morgan fingerprint density at radius 3 is 0.614 bits per heavy atom. The molecule has 0 aliphatic rings. The standard InChI is InChI=1S/2C5HF11O3S.C2H6O2/c2*6-1(7,2(8,9)4(12,13)14)3(10,11)5(15,16)20(17,18)19;1-2(3)4/h2*(H,17,18,19);2-4H,1H3. The van der Waals surface area contributed by atoms with Crippen LogP contribution in [-0.2, 0) is 20.2 Å². The SMILES string of the molecule is CC(O)O.O=S(=O)(O)C(F)(F)C(F)(F)C(F)(F)C(F)(F)C(F)(F)F.O=S(=O)(O)C(F)(F)C(F)(F)C(F)(F)C(F)(F)C(F)(F)F. The van der Waals surface area contributed by atoms with Crippen LogP contribution in [0.15, 0.2) is 0 Å². The number of hydrogen-bond donors (Lipinski definition) is 4. The molecule has 0 aliphatic carbocycles. The Kier molecular flexibility index (Phi) is 13.2. The maximum atomic E-state index is 12.5. The second-order valence-corrected chi connectivity index (χ2v) is 9.98. The van der Waals surface area contributed by atoms with Crippen LogP contribution in [0.4, 0.5) is 96.6 Å². The highest BCUT2D eigenvalue weighted by Crippen LogP contribution is 2.59. The third-order valence-electron chi connectivity index (χ3n) is 3.67. The van der Waals surface area contributed by atoms with Crippen LogP contribution in [0.2, 0.25) is 0 Å². The van der Waals surface area contributed by atoms with Crippen molar-refractivity contribution in [3.8, 4) is 0 Å². The van der Waals surface area contributed by atoms with Crippen molar-refractivity contribution in [3.63, 3.8) is 0 Å². The normalized spacial score (nSPS) is 15.7. The van der Waals surface area contributed by atoms with Gasteiger partial charge < -0.3 is 10.2 Å². The van der Waals surface area contributed by atoms with E-state index >= 15 is 0 Å². The van der Waals surface area contributed by atoms with E-state index in [1.807, 2.05) is 0 Å². The van der Waals surface area contributed by atoms with Crippen molar-refractivity contribution in [1.82, 2.24) is 0 Å². The maximum absolute atomic E-state index is 12.5. The lowest BCUT2D eigenvalue weighted by Crippen LogP contribution is -2.67. The van der Waals surface area contributed by atoms with E-state index in [1.54, 1.807) is 0 Å². The van der Waals surface area contributed by atoms with E-state index in [4.69, 9.17) is 19.3 Å². The quantitative estimate of drug-likeness (QED) is 0.150. The molecule has 0 aromatic rings. The lowest BCUT2D eigenvalue weighted by Gasteiger charge is -2.35. The van der Waals surface area contributed by atoms with Gasteiger partial charge in [0.1, 0.15) is 6.29 Å². The highest BCUT2D eigenvalue weighted by molar-refractivity contribution is 7.87. The topological polar surface area (TPSA) is 149 Å². The molecule has 0 fully saturated rings. The van der Waals surface area contributed by atoms with Crippen molar-refractivity contribution in [3.05, 3.63) is 0 Å². The van der Waals surface area contributed by atoms with E-state index < -0.39 is 84.9 Å². The highest BCUT2D eigenvalue weighted by atomic mass is 32.2. The summed E-state index contributed by atoms with van der Waals surface area (Å²) >= 11 is 0. The molecule has 0 radical (unpaired) electrons. The molecule has 0 aromatic carbocycles. The molecule has 0 amide bonds. The van der Waals surface area contributed by atoms with Crippen molar-refractivity contribution >= 4 is 20.2 Å². The summed E-state index contributed by atoms with van der Waals surface area (Å²) < 4.78 is 321. The molecule has 0 heterocycles. The van der Waals surface area contributed by atoms with E-state index in [9.17, 15) is 113 Å². The van der Waals surface area contributed by atoms with Gasteiger partial charge in [-0.15, -0.1) is 0 Å². The van der Waals surface area contributed by atoms with Crippen LogP contribution in [0.25, 0.3) is 0 Å². The largest absolute Gasteiger partial charge is 0.460 e. The number of hydrogen-bond acceptors (Lipinski definition) is 6. The zero-order chi connectivity index (χ0) is 37.6. The number of halogens is 22. The van der Waals surface area contributed by atoms with Crippen LogP contribution in [0.5, 0.6) is 0 Å². The lowest BCUT2D eigenvalue weighted by molar-refractivity contribution is -0.413. The Bertz CT molecular complexity index is 1090. The van der Waals surface area contributed by atoms with Crippen molar-refractivity contribution < 1.29 is 133 Å². The van der Waals surface area contributed by atoms with Gasteiger partial charge in [-0.2, -0.15) is 113 Å². The molecule has 0 bridgehead atoms. The molecule has 32 heteroatoms. The van der Waals surface area contributed by atoms with Crippen LogP contribution in [-0.4, -0.2) is 101 Å². The van der Waals surface area contributed by atoms with Crippen LogP contribution < -0.4 is 0 Å². The van der Waals surface area contributed by atoms with Gasteiger partial charge in [0.25, 0.3) is 0 Å². The van der Waals surface area contributed by atoms with Gasteiger partial charge in [-0.05, 0) is 6.92 Å². The molecular weight excluding hydrogens is 754 g/mol. The van der Waals surface area contributed by atoms with Gasteiger partial charge >= 0.3 is 78.6 Å². The summed E-state index contributed by atoms with van der Waals surface area (Å²) in [5.41, 5.74) is 0. The first-order chi connectivity index (χ1) is 18.2. The summed E-state index contributed by atoms with van der Waals surface area (Å²) in [5, 5.41) is 0.635. The third kappa shape index (κ3) is 7.94. The van der Waals surface area contributed by atoms with Gasteiger partial charge in [0, 0.05) is 0 Å². The monoisotopic (exact) mass is 762 g/mol. The number of rotatable bonds is 8. The fraction of sp³-hybridized carbons (Fsp3) is 1.00. The molecule has 0 saturated carbocycles. The smallest absolute Gasteiger partial charge is 0.368 e. The minimum absolute atomic E-state index is 1.17. The zero-order valence-corrected chi connectivity index (χ0v) is 20.8. The van der Waals surface area contributed by atoms with Gasteiger partial charge in [0.05, 0.1) is 0 Å². The highest BCUT2D eigenvalue weighted by Gasteiger charge is 2.91. The molecule has 8 nitrogen and oxygen atoms in total. The molecule has 270 valence electrons. The third-order valence-corrected chi connectivity index (χ3v) is 5.48. The summed E-state index contributed by atoms with van der Waals surface area (Å²) in [6, 6.07) is 0. The van der Waals surface area contributed by atoms with Gasteiger partial charge in [-0.1, -0.05) is 0 Å². The second kappa shape index (κ2) is 12.4. The average Bonchev–Trinajstić information content (AvgIpc) is 2.69. The van der Waals surface area contributed by atoms with Crippen molar-refractivity contribution in [2.45, 2.75) is 71.6 Å². The van der Waals surface area contributed by atoms with Crippen LogP contribution >= 0.6 is 0 Å². The Morgan fingerprint density at radius 2 is 0.523 bits per heavy atom. The molecule has 0 unspecified atom stereocenters. The van der Waals surface area contributed by atoms with E-state index in [0.29, 0.717) is 0 Å². The Hall–Kier alpha value is -1.80. The molecule has 0 aliphatic heterocycles. The Morgan fingerprint density at radius 1 is 0.386 bits per heavy atom. The van der Waals surface area contributed by atoms with E-state index in [2.05, 4.69) is 0 Å². The minimum Gasteiger partial charge on any atom is -0.368 e. The Labute approximate surface area is 225 Å². The summed E-state index contributed by atoms with van der Waals surface area (Å²) in [6.45, 7) is 1.28. The molecule has 0 saturated heterocycles. The molecule has 0 spiro atoms. The van der Waals surface area contributed by atoms with Gasteiger partial charge in [0.2, 0.25) is 0 Å². The molecule has 0 aromatic heterocycles. The van der Waals surface area contributed by atoms with Gasteiger partial charge in [-0.25, -0.2) is 0 Å². The lowest BCUT2D eigenvalue weighted by atomic mass is 10.0. The summed E-state index contributed by atoms with van der Waals surface area (Å²) in [5.74, 6) is -46.6. The van der Waals surface area contributed by atoms with Gasteiger partial charge in [-0.3, -0.25) is 9.11 Å². The molecule has 4 N–H and O–H groups in total. The predicted octanol–water partition coefficient (Wildman–Crippen LogP) is 5.19. The van der Waals surface area contributed by atoms with E-state index in [0.717, 1.165) is 0 Å². The second-order valence-electron chi connectivity index (χ2n) is 7.06. The minimum atomic E-state index is -7.86. The van der Waals surface area contributed by atoms with Gasteiger partial charge in [0.15, 0.2) is 0 Å². The van der Waals surface area contributed by atoms with Crippen LogP contribution in [0, 0.1) is 0 Å². The first kappa shape index (κ1) is 46.6. The molecule has 0 atom stereocenters. The van der Waals surface area contributed by atoms with Crippen molar-refractivity contribution in [1.29, 1.82) is 0 Å². The van der Waals surface area contributed by atoms with Crippen LogP contribution in [0.3, 0.4) is 0 Å². The van der Waals surface area contributed by atoms with Crippen LogP contribution in [0.1, 0.15) is 6.92 Å². The van der Waals surface area contributed by atoms with Crippen molar-refractivity contribution in [2.24, 2.45) is 0 Å². The first-order valence-corrected chi connectivity index (χ1v) is 11.6. The number of aliphatic hydroxyl groups is 2. The average molecular weight is 762 g/mol. The fourth-order valence-electron chi connectivity index (χ4n) is 1.44. The maximum Gasteiger partial charge on any atom is 0.460 e. The molecule has 44 heavy (non-hydrogen) atoms. The number of aliphatic hydroxyl groups excluding tert-OH is 1.